The summed E-state index contributed by atoms with van der Waals surface area (Å²) in [5.74, 6) is -0.482. The quantitative estimate of drug-likeness (QED) is 0.0960. The number of likely N-dealkylation sites (tertiary alicyclic amines) is 1. The molecule has 3 heterocycles. The van der Waals surface area contributed by atoms with Gasteiger partial charge in [-0.3, -0.25) is 14.4 Å². The number of hydrogen-bond acceptors (Lipinski definition) is 16. The number of carbonyl (C=O) groups is 5. The number of imide groups is 1. The van der Waals surface area contributed by atoms with Gasteiger partial charge < -0.3 is 54.2 Å². The first-order chi connectivity index (χ1) is 32.6. The number of ether oxygens (including phenoxy) is 6. The van der Waals surface area contributed by atoms with Crippen molar-refractivity contribution in [2.75, 3.05) is 118 Å². The number of nitrogens with one attached hydrogen (secondary N) is 1. The number of rotatable bonds is 23. The van der Waals surface area contributed by atoms with E-state index in [2.05, 4.69) is 15.3 Å². The van der Waals surface area contributed by atoms with E-state index in [0.29, 0.717) is 82.5 Å². The number of fused-ring (bicyclic) bond motifs is 1. The molecule has 1 aromatic carbocycles. The average Bonchev–Trinajstić information content (AvgIpc) is 3.67. The molecule has 3 aromatic rings. The molecule has 1 aliphatic heterocycles. The fraction of sp³-hybridized carbons (Fsp3) is 0.625. The van der Waals surface area contributed by atoms with Crippen molar-refractivity contribution in [1.29, 1.82) is 0 Å². The van der Waals surface area contributed by atoms with Crippen molar-refractivity contribution in [3.8, 4) is 0 Å². The van der Waals surface area contributed by atoms with E-state index in [1.165, 1.54) is 6.33 Å². The molecular weight excluding hydrogens is 893 g/mol. The van der Waals surface area contributed by atoms with Crippen LogP contribution in [0, 0.1) is 13.8 Å². The maximum absolute atomic E-state index is 13.8. The standard InChI is InChI=1S/C48H74N10O11/c1-33-34(2)37(17-16-35(33)30-39(60)54(9)10)52-44(61)41-40-42(49)50-32-51-43(40)58(53-41)36-14-12-19-56(31-36)38(59)15-13-18-55(11)20-22-64-24-26-66-28-29-67-27-25-65-23-21-57(45(62)68-47(3,4)5)46(63)69-48(6,7)8/h13,15-17,32,36H,12,14,18-31H2,1-11H3,(H,52,61)(H2,49,50,51)/b15-13+/t36-/m1/s1. The van der Waals surface area contributed by atoms with E-state index in [9.17, 15) is 24.0 Å². The third-order valence-electron chi connectivity index (χ3n) is 10.9. The lowest BCUT2D eigenvalue weighted by Crippen LogP contribution is -2.45. The number of hydrogen-bond donors (Lipinski definition) is 2. The fourth-order valence-corrected chi connectivity index (χ4v) is 7.03. The number of amides is 5. The molecule has 0 bridgehead atoms. The first-order valence-electron chi connectivity index (χ1n) is 23.3. The summed E-state index contributed by atoms with van der Waals surface area (Å²) in [6, 6.07) is 3.38. The molecule has 21 heteroatoms. The van der Waals surface area contributed by atoms with Gasteiger partial charge in [-0.2, -0.15) is 5.10 Å². The highest BCUT2D eigenvalue weighted by Gasteiger charge is 2.32. The fourth-order valence-electron chi connectivity index (χ4n) is 7.03. The van der Waals surface area contributed by atoms with Gasteiger partial charge >= 0.3 is 12.2 Å². The summed E-state index contributed by atoms with van der Waals surface area (Å²) >= 11 is 0. The summed E-state index contributed by atoms with van der Waals surface area (Å²) in [4.78, 5) is 79.6. The van der Waals surface area contributed by atoms with Crippen LogP contribution >= 0.6 is 0 Å². The minimum atomic E-state index is -0.802. The number of likely N-dealkylation sites (N-methyl/N-ethyl adjacent to an activating group) is 2. The van der Waals surface area contributed by atoms with Crippen LogP contribution in [0.5, 0.6) is 0 Å². The third-order valence-corrected chi connectivity index (χ3v) is 10.9. The van der Waals surface area contributed by atoms with Crippen LogP contribution in [0.3, 0.4) is 0 Å². The van der Waals surface area contributed by atoms with Gasteiger partial charge in [0, 0.05) is 52.0 Å². The molecule has 382 valence electrons. The first kappa shape index (κ1) is 55.9. The molecule has 1 saturated heterocycles. The Labute approximate surface area is 405 Å². The van der Waals surface area contributed by atoms with Crippen LogP contribution in [0.25, 0.3) is 11.0 Å². The van der Waals surface area contributed by atoms with E-state index in [4.69, 9.17) is 39.3 Å². The van der Waals surface area contributed by atoms with E-state index in [-0.39, 0.29) is 55.5 Å². The minimum absolute atomic E-state index is 0.0157. The van der Waals surface area contributed by atoms with Crippen LogP contribution in [0.1, 0.15) is 87.6 Å². The Balaban J connectivity index is 1.13. The van der Waals surface area contributed by atoms with E-state index >= 15 is 0 Å². The van der Waals surface area contributed by atoms with E-state index in [1.54, 1.807) is 82.3 Å². The second-order valence-electron chi connectivity index (χ2n) is 19.0. The minimum Gasteiger partial charge on any atom is -0.443 e. The Kier molecular flexibility index (Phi) is 21.3. The van der Waals surface area contributed by atoms with Gasteiger partial charge in [0.25, 0.3) is 5.91 Å². The summed E-state index contributed by atoms with van der Waals surface area (Å²) in [6.45, 7) is 18.9. The van der Waals surface area contributed by atoms with Crippen molar-refractivity contribution >= 4 is 52.4 Å². The van der Waals surface area contributed by atoms with E-state index in [1.807, 2.05) is 37.9 Å². The summed E-state index contributed by atoms with van der Waals surface area (Å²) in [5.41, 5.74) is 8.48. The molecule has 69 heavy (non-hydrogen) atoms. The summed E-state index contributed by atoms with van der Waals surface area (Å²) < 4.78 is 34.8. The van der Waals surface area contributed by atoms with Gasteiger partial charge in [0.2, 0.25) is 11.8 Å². The molecule has 1 aliphatic rings. The molecule has 0 radical (unpaired) electrons. The highest BCUT2D eigenvalue weighted by molar-refractivity contribution is 6.13. The predicted molar refractivity (Wildman–Crippen MR) is 260 cm³/mol. The average molecular weight is 967 g/mol. The predicted octanol–water partition coefficient (Wildman–Crippen LogP) is 4.80. The second-order valence-corrected chi connectivity index (χ2v) is 19.0. The van der Waals surface area contributed by atoms with Crippen LogP contribution in [0.2, 0.25) is 0 Å². The molecule has 21 nitrogen and oxygen atoms in total. The van der Waals surface area contributed by atoms with Crippen molar-refractivity contribution in [2.24, 2.45) is 0 Å². The number of aromatic nitrogens is 4. The van der Waals surface area contributed by atoms with Crippen LogP contribution in [0.15, 0.2) is 30.6 Å². The van der Waals surface area contributed by atoms with Crippen LogP contribution in [0.4, 0.5) is 21.1 Å². The van der Waals surface area contributed by atoms with Gasteiger partial charge in [-0.15, -0.1) is 0 Å². The van der Waals surface area contributed by atoms with Crippen molar-refractivity contribution in [2.45, 2.75) is 91.9 Å². The Morgan fingerprint density at radius 1 is 0.812 bits per heavy atom. The van der Waals surface area contributed by atoms with Crippen LogP contribution in [-0.4, -0.2) is 187 Å². The zero-order valence-corrected chi connectivity index (χ0v) is 42.4. The highest BCUT2D eigenvalue weighted by atomic mass is 16.6. The number of nitrogen functional groups attached to an aromatic ring is 1. The molecular formula is C48H74N10O11. The number of carbonyl (C=O) groups excluding carboxylic acids is 5. The SMILES string of the molecule is Cc1c(CC(=O)N(C)C)ccc(NC(=O)c2nn([C@@H]3CCCN(C(=O)/C=C/CN(C)CCOCCOCCOCCOCCN(C(=O)OC(C)(C)C)C(=O)OC(C)(C)C)C3)c3ncnc(N)c23)c1C. The van der Waals surface area contributed by atoms with Gasteiger partial charge in [-0.25, -0.2) is 29.1 Å². The van der Waals surface area contributed by atoms with Gasteiger partial charge in [-0.05, 0) is 98.0 Å². The largest absolute Gasteiger partial charge is 0.443 e. The highest BCUT2D eigenvalue weighted by Crippen LogP contribution is 2.30. The number of nitrogens with two attached hydrogens (primary N) is 1. The molecule has 1 atom stereocenters. The smallest absolute Gasteiger partial charge is 0.419 e. The Bertz CT molecular complexity index is 2210. The zero-order valence-electron chi connectivity index (χ0n) is 42.4. The number of piperidine rings is 1. The number of anilines is 2. The normalized spacial score (nSPS) is 14.4. The molecule has 0 aliphatic carbocycles. The zero-order chi connectivity index (χ0) is 50.9. The molecule has 0 unspecified atom stereocenters. The van der Waals surface area contributed by atoms with Crippen molar-refractivity contribution in [3.05, 3.63) is 53.0 Å². The lowest BCUT2D eigenvalue weighted by molar-refractivity contribution is -0.128. The maximum Gasteiger partial charge on any atom is 0.419 e. The van der Waals surface area contributed by atoms with Gasteiger partial charge in [-0.1, -0.05) is 12.1 Å². The van der Waals surface area contributed by atoms with Gasteiger partial charge in [0.05, 0.1) is 77.2 Å². The Morgan fingerprint density at radius 3 is 1.97 bits per heavy atom. The lowest BCUT2D eigenvalue weighted by Gasteiger charge is -2.32. The molecule has 2 aromatic heterocycles. The number of nitrogens with zero attached hydrogens (tertiary/aromatic N) is 8. The van der Waals surface area contributed by atoms with Crippen LogP contribution < -0.4 is 11.1 Å². The Hall–Kier alpha value is -5.74. The van der Waals surface area contributed by atoms with E-state index < -0.39 is 29.3 Å². The second kappa shape index (κ2) is 26.3. The van der Waals surface area contributed by atoms with Crippen molar-refractivity contribution < 1.29 is 52.4 Å². The van der Waals surface area contributed by atoms with Crippen molar-refractivity contribution in [3.63, 3.8) is 0 Å². The van der Waals surface area contributed by atoms with Gasteiger partial charge in [0.1, 0.15) is 23.3 Å². The molecule has 4 rings (SSSR count). The molecule has 0 spiro atoms. The maximum atomic E-state index is 13.8. The molecule has 0 saturated carbocycles. The summed E-state index contributed by atoms with van der Waals surface area (Å²) in [5, 5.41) is 8.05. The topological polar surface area (TPSA) is 235 Å². The summed E-state index contributed by atoms with van der Waals surface area (Å²) in [6.07, 6.45) is 4.86. The summed E-state index contributed by atoms with van der Waals surface area (Å²) in [7, 11) is 5.38. The number of benzene rings is 1. The molecule has 3 N–H and O–H groups in total. The first-order valence-corrected chi connectivity index (χ1v) is 23.3. The Morgan fingerprint density at radius 2 is 1.39 bits per heavy atom. The lowest BCUT2D eigenvalue weighted by atomic mass is 9.98. The molecule has 1 fully saturated rings. The third kappa shape index (κ3) is 17.9. The van der Waals surface area contributed by atoms with Crippen LogP contribution in [-0.2, 0) is 44.4 Å². The van der Waals surface area contributed by atoms with Crippen molar-refractivity contribution in [1.82, 2.24) is 39.3 Å². The van der Waals surface area contributed by atoms with Gasteiger partial charge in [0.15, 0.2) is 11.3 Å². The monoisotopic (exact) mass is 967 g/mol. The van der Waals surface area contributed by atoms with E-state index in [0.717, 1.165) is 34.4 Å². The molecule has 5 amide bonds.